The highest BCUT2D eigenvalue weighted by atomic mass is 32.2. The number of nitrogens with one attached hydrogen (secondary N) is 1. The second-order valence-electron chi connectivity index (χ2n) is 5.90. The van der Waals surface area contributed by atoms with Gasteiger partial charge in [0, 0.05) is 24.6 Å². The van der Waals surface area contributed by atoms with Gasteiger partial charge >= 0.3 is 0 Å². The Bertz CT molecular complexity index is 629. The molecule has 1 saturated heterocycles. The van der Waals surface area contributed by atoms with Crippen molar-refractivity contribution in [3.05, 3.63) is 57.0 Å². The minimum atomic E-state index is -0.467. The molecule has 1 N–H and O–H groups in total. The van der Waals surface area contributed by atoms with Crippen LogP contribution in [0, 0.1) is 21.8 Å². The third-order valence-corrected chi connectivity index (χ3v) is 4.95. The summed E-state index contributed by atoms with van der Waals surface area (Å²) < 4.78 is 12.9. The lowest BCUT2D eigenvalue weighted by molar-refractivity contribution is -0.403. The summed E-state index contributed by atoms with van der Waals surface area (Å²) in [6, 6.07) is 5.71. The summed E-state index contributed by atoms with van der Waals surface area (Å²) in [6.07, 6.45) is 4.31. The Labute approximate surface area is 150 Å². The molecule has 0 unspecified atom stereocenters. The minimum absolute atomic E-state index is 0.0224. The number of benzene rings is 1. The molecule has 0 spiro atoms. The summed E-state index contributed by atoms with van der Waals surface area (Å²) in [4.78, 5) is 24.7. The van der Waals surface area contributed by atoms with Crippen molar-refractivity contribution in [2.24, 2.45) is 5.92 Å². The van der Waals surface area contributed by atoms with Gasteiger partial charge in [0.1, 0.15) is 10.8 Å². The van der Waals surface area contributed by atoms with Gasteiger partial charge in [-0.3, -0.25) is 14.9 Å². The molecule has 0 amide bonds. The van der Waals surface area contributed by atoms with E-state index in [0.29, 0.717) is 17.1 Å². The van der Waals surface area contributed by atoms with Crippen LogP contribution in [0.3, 0.4) is 0 Å². The van der Waals surface area contributed by atoms with Gasteiger partial charge in [-0.2, -0.15) is 0 Å². The van der Waals surface area contributed by atoms with Crippen molar-refractivity contribution in [1.82, 2.24) is 10.2 Å². The summed E-state index contributed by atoms with van der Waals surface area (Å²) in [5.74, 6) is -0.281. The van der Waals surface area contributed by atoms with Crippen LogP contribution in [-0.2, 0) is 0 Å². The summed E-state index contributed by atoms with van der Waals surface area (Å²) >= 11 is 1.31. The monoisotopic (exact) mass is 367 g/mol. The van der Waals surface area contributed by atoms with Crippen LogP contribution in [0.1, 0.15) is 23.2 Å². The number of rotatable bonds is 8. The first-order chi connectivity index (χ1) is 12.0. The smallest absolute Gasteiger partial charge is 0.263 e. The summed E-state index contributed by atoms with van der Waals surface area (Å²) in [6.45, 7) is 3.02. The van der Waals surface area contributed by atoms with Gasteiger partial charge in [0.05, 0.1) is 4.92 Å². The average molecular weight is 367 g/mol. The molecular weight excluding hydrogens is 345 g/mol. The fourth-order valence-electron chi connectivity index (χ4n) is 2.87. The SMILES string of the molecule is CS/C(=C\[N+](=O)[O-])NCCN1CCC(C(=O)c2ccc(F)cc2)CC1. The second-order valence-corrected chi connectivity index (χ2v) is 6.74. The van der Waals surface area contributed by atoms with E-state index in [0.717, 1.165) is 38.7 Å². The predicted molar refractivity (Wildman–Crippen MR) is 96.5 cm³/mol. The largest absolute Gasteiger partial charge is 0.374 e. The molecule has 1 aliphatic rings. The van der Waals surface area contributed by atoms with Gasteiger partial charge in [-0.25, -0.2) is 4.39 Å². The van der Waals surface area contributed by atoms with E-state index >= 15 is 0 Å². The normalized spacial score (nSPS) is 16.6. The number of nitrogens with zero attached hydrogens (tertiary/aromatic N) is 2. The fraction of sp³-hybridized carbons (Fsp3) is 0.471. The van der Waals surface area contributed by atoms with Crippen molar-refractivity contribution in [2.45, 2.75) is 12.8 Å². The summed E-state index contributed by atoms with van der Waals surface area (Å²) in [5.41, 5.74) is 0.566. The fourth-order valence-corrected chi connectivity index (χ4v) is 3.31. The molecule has 8 heteroatoms. The minimum Gasteiger partial charge on any atom is -0.374 e. The molecular formula is C17H22FN3O3S. The van der Waals surface area contributed by atoms with E-state index in [-0.39, 0.29) is 17.5 Å². The molecule has 6 nitrogen and oxygen atoms in total. The van der Waals surface area contributed by atoms with Crippen molar-refractivity contribution in [3.63, 3.8) is 0 Å². The number of thioether (sulfide) groups is 1. The Morgan fingerprint density at radius 1 is 1.40 bits per heavy atom. The van der Waals surface area contributed by atoms with Gasteiger partial charge < -0.3 is 10.2 Å². The van der Waals surface area contributed by atoms with Crippen molar-refractivity contribution in [1.29, 1.82) is 0 Å². The van der Waals surface area contributed by atoms with Crippen molar-refractivity contribution >= 4 is 17.5 Å². The van der Waals surface area contributed by atoms with E-state index in [1.807, 2.05) is 0 Å². The number of halogens is 1. The quantitative estimate of drug-likeness (QED) is 0.433. The molecule has 0 saturated carbocycles. The predicted octanol–water partition coefficient (Wildman–Crippen LogP) is 2.75. The summed E-state index contributed by atoms with van der Waals surface area (Å²) in [5, 5.41) is 14.1. The van der Waals surface area contributed by atoms with Crippen molar-refractivity contribution in [3.8, 4) is 0 Å². The van der Waals surface area contributed by atoms with Crippen LogP contribution >= 0.6 is 11.8 Å². The number of likely N-dealkylation sites (tertiary alicyclic amines) is 1. The van der Waals surface area contributed by atoms with Gasteiger partial charge in [-0.15, -0.1) is 11.8 Å². The maximum atomic E-state index is 12.9. The third kappa shape index (κ3) is 6.13. The Balaban J connectivity index is 1.75. The Kier molecular flexibility index (Phi) is 7.39. The van der Waals surface area contributed by atoms with Gasteiger partial charge in [0.15, 0.2) is 5.78 Å². The van der Waals surface area contributed by atoms with Crippen LogP contribution in [-0.4, -0.2) is 48.0 Å². The van der Waals surface area contributed by atoms with E-state index in [1.165, 1.54) is 23.9 Å². The van der Waals surface area contributed by atoms with Gasteiger partial charge in [-0.1, -0.05) is 0 Å². The molecule has 1 aromatic rings. The average Bonchev–Trinajstić information content (AvgIpc) is 2.61. The van der Waals surface area contributed by atoms with Crippen molar-refractivity contribution < 1.29 is 14.1 Å². The Morgan fingerprint density at radius 3 is 2.60 bits per heavy atom. The van der Waals surface area contributed by atoms with Crippen LogP contribution in [0.15, 0.2) is 35.5 Å². The number of Topliss-reactive ketones (excluding diaryl/α,β-unsaturated/α-hetero) is 1. The van der Waals surface area contributed by atoms with Crippen molar-refractivity contribution in [2.75, 3.05) is 32.4 Å². The molecule has 0 radical (unpaired) electrons. The zero-order chi connectivity index (χ0) is 18.2. The topological polar surface area (TPSA) is 75.5 Å². The van der Waals surface area contributed by atoms with E-state index < -0.39 is 4.92 Å². The number of hydrogen-bond donors (Lipinski definition) is 1. The number of ketones is 1. The van der Waals surface area contributed by atoms with Crippen LogP contribution in [0.5, 0.6) is 0 Å². The maximum absolute atomic E-state index is 12.9. The first kappa shape index (κ1) is 19.4. The number of nitro groups is 1. The zero-order valence-electron chi connectivity index (χ0n) is 14.1. The molecule has 2 rings (SSSR count). The van der Waals surface area contributed by atoms with E-state index in [4.69, 9.17) is 0 Å². The molecule has 0 bridgehead atoms. The van der Waals surface area contributed by atoms with Gasteiger partial charge in [0.25, 0.3) is 6.20 Å². The lowest BCUT2D eigenvalue weighted by atomic mass is 9.89. The molecule has 1 heterocycles. The number of piperidine rings is 1. The molecule has 0 atom stereocenters. The van der Waals surface area contributed by atoms with E-state index in [1.54, 1.807) is 18.4 Å². The number of hydrogen-bond acceptors (Lipinski definition) is 6. The standard InChI is InChI=1S/C17H22FN3O3S/c1-25-16(12-21(23)24)19-8-11-20-9-6-14(7-10-20)17(22)13-2-4-15(18)5-3-13/h2-5,12,14,19H,6-11H2,1H3/b16-12-. The molecule has 1 aliphatic heterocycles. The first-order valence-electron chi connectivity index (χ1n) is 8.15. The highest BCUT2D eigenvalue weighted by Gasteiger charge is 2.25. The number of carbonyl (C=O) groups excluding carboxylic acids is 1. The third-order valence-electron chi connectivity index (χ3n) is 4.26. The number of carbonyl (C=O) groups is 1. The summed E-state index contributed by atoms with van der Waals surface area (Å²) in [7, 11) is 0. The lowest BCUT2D eigenvalue weighted by Crippen LogP contribution is -2.39. The Morgan fingerprint density at radius 2 is 2.04 bits per heavy atom. The lowest BCUT2D eigenvalue weighted by Gasteiger charge is -2.31. The highest BCUT2D eigenvalue weighted by molar-refractivity contribution is 8.02. The van der Waals surface area contributed by atoms with Crippen LogP contribution in [0.25, 0.3) is 0 Å². The molecule has 136 valence electrons. The molecule has 1 aromatic carbocycles. The molecule has 0 aliphatic carbocycles. The Hall–Kier alpha value is -1.93. The second kappa shape index (κ2) is 9.53. The van der Waals surface area contributed by atoms with Crippen LogP contribution in [0.4, 0.5) is 4.39 Å². The molecule has 25 heavy (non-hydrogen) atoms. The van der Waals surface area contributed by atoms with E-state index in [9.17, 15) is 19.3 Å². The van der Waals surface area contributed by atoms with E-state index in [2.05, 4.69) is 10.2 Å². The van der Waals surface area contributed by atoms with Gasteiger partial charge in [0.2, 0.25) is 0 Å². The first-order valence-corrected chi connectivity index (χ1v) is 9.37. The molecule has 1 fully saturated rings. The molecule has 0 aromatic heterocycles. The van der Waals surface area contributed by atoms with Crippen LogP contribution < -0.4 is 5.32 Å². The zero-order valence-corrected chi connectivity index (χ0v) is 14.9. The van der Waals surface area contributed by atoms with Crippen LogP contribution in [0.2, 0.25) is 0 Å². The van der Waals surface area contributed by atoms with Gasteiger partial charge in [-0.05, 0) is 56.5 Å². The highest BCUT2D eigenvalue weighted by Crippen LogP contribution is 2.22. The maximum Gasteiger partial charge on any atom is 0.263 e.